The van der Waals surface area contributed by atoms with Gasteiger partial charge in [0, 0.05) is 5.56 Å². The van der Waals surface area contributed by atoms with Crippen molar-refractivity contribution < 1.29 is 9.50 Å². The van der Waals surface area contributed by atoms with Gasteiger partial charge in [0.2, 0.25) is 0 Å². The first-order valence-electron chi connectivity index (χ1n) is 8.73. The highest BCUT2D eigenvalue weighted by Crippen LogP contribution is 2.38. The van der Waals surface area contributed by atoms with Crippen LogP contribution in [0.4, 0.5) is 4.39 Å². The van der Waals surface area contributed by atoms with Gasteiger partial charge in [-0.15, -0.1) is 0 Å². The van der Waals surface area contributed by atoms with E-state index in [0.29, 0.717) is 5.56 Å². The fraction of sp³-hybridized carbons (Fsp3) is 0.0909. The van der Waals surface area contributed by atoms with Gasteiger partial charge in [0.25, 0.3) is 0 Å². The third-order valence-corrected chi connectivity index (χ3v) is 5.02. The summed E-state index contributed by atoms with van der Waals surface area (Å²) in [6, 6.07) is 21.6. The Morgan fingerprint density at radius 3 is 2.29 bits per heavy atom. The maximum atomic E-state index is 14.7. The zero-order chi connectivity index (χ0) is 19.6. The molecule has 0 radical (unpaired) electrons. The van der Waals surface area contributed by atoms with E-state index in [0.717, 1.165) is 11.1 Å². The minimum atomic E-state index is -1.72. The lowest BCUT2D eigenvalue weighted by atomic mass is 9.85. The van der Waals surface area contributed by atoms with Crippen molar-refractivity contribution in [1.29, 1.82) is 0 Å². The molecule has 1 atom stereocenters. The first kappa shape index (κ1) is 18.3. The molecule has 4 rings (SSSR count). The Kier molecular flexibility index (Phi) is 4.94. The highest BCUT2D eigenvalue weighted by Gasteiger charge is 2.37. The third kappa shape index (κ3) is 3.42. The molecule has 0 bridgehead atoms. The molecule has 0 aliphatic heterocycles. The maximum absolute atomic E-state index is 14.7. The van der Waals surface area contributed by atoms with Crippen LogP contribution in [0.15, 0.2) is 85.5 Å². The molecule has 0 aliphatic rings. The Bertz CT molecular complexity index is 1050. The van der Waals surface area contributed by atoms with E-state index in [-0.39, 0.29) is 17.1 Å². The summed E-state index contributed by atoms with van der Waals surface area (Å²) in [5.41, 5.74) is 0.852. The zero-order valence-electron chi connectivity index (χ0n) is 14.8. The lowest BCUT2D eigenvalue weighted by Crippen LogP contribution is -2.34. The fourth-order valence-corrected chi connectivity index (χ4v) is 3.64. The van der Waals surface area contributed by atoms with Crippen molar-refractivity contribution in [2.24, 2.45) is 0 Å². The number of aliphatic hydroxyl groups is 1. The largest absolute Gasteiger partial charge is 0.378 e. The van der Waals surface area contributed by atoms with E-state index in [9.17, 15) is 9.50 Å². The quantitative estimate of drug-likeness (QED) is 0.536. The maximum Gasteiger partial charge on any atom is 0.138 e. The fourth-order valence-electron chi connectivity index (χ4n) is 3.33. The Morgan fingerprint density at radius 1 is 0.929 bits per heavy atom. The van der Waals surface area contributed by atoms with Crippen LogP contribution in [-0.2, 0) is 12.1 Å². The van der Waals surface area contributed by atoms with Crippen LogP contribution >= 0.6 is 11.6 Å². The number of halogens is 2. The highest BCUT2D eigenvalue weighted by molar-refractivity contribution is 6.31. The molecule has 1 N–H and O–H groups in total. The topological polar surface area (TPSA) is 50.9 Å². The van der Waals surface area contributed by atoms with Gasteiger partial charge in [-0.1, -0.05) is 72.3 Å². The second-order valence-electron chi connectivity index (χ2n) is 6.49. The first-order chi connectivity index (χ1) is 13.6. The van der Waals surface area contributed by atoms with E-state index in [1.165, 1.54) is 29.5 Å². The Morgan fingerprint density at radius 2 is 1.64 bits per heavy atom. The minimum Gasteiger partial charge on any atom is -0.378 e. The first-order valence-corrected chi connectivity index (χ1v) is 9.11. The average molecular weight is 394 g/mol. The summed E-state index contributed by atoms with van der Waals surface area (Å²) >= 11 is 6.29. The molecular formula is C22H17ClFN3O. The van der Waals surface area contributed by atoms with E-state index < -0.39 is 11.4 Å². The van der Waals surface area contributed by atoms with Gasteiger partial charge >= 0.3 is 0 Å². The molecule has 1 heterocycles. The van der Waals surface area contributed by atoms with Crippen molar-refractivity contribution in [1.82, 2.24) is 14.8 Å². The predicted molar refractivity (Wildman–Crippen MR) is 106 cm³/mol. The average Bonchev–Trinajstić information content (AvgIpc) is 3.21. The number of hydrogen-bond acceptors (Lipinski definition) is 3. The van der Waals surface area contributed by atoms with Crippen molar-refractivity contribution >= 4 is 11.6 Å². The summed E-state index contributed by atoms with van der Waals surface area (Å²) in [6.07, 6.45) is 2.83. The molecule has 4 nitrogen and oxygen atoms in total. The predicted octanol–water partition coefficient (Wildman–Crippen LogP) is 4.67. The molecule has 0 aliphatic carbocycles. The standard InChI is InChI=1S/C22H17ClFN3O/c23-19-7-4-8-20(24)21(19)22(28,13-27-15-25-14-26-27)18-11-9-17(10-12-18)16-5-2-1-3-6-16/h1-12,14-15,28H,13H2. The molecule has 0 amide bonds. The Labute approximate surface area is 166 Å². The normalized spacial score (nSPS) is 13.2. The lowest BCUT2D eigenvalue weighted by molar-refractivity contribution is 0.0537. The van der Waals surface area contributed by atoms with Crippen molar-refractivity contribution in [3.05, 3.63) is 107 Å². The molecule has 0 saturated carbocycles. The Balaban J connectivity index is 1.82. The molecule has 140 valence electrons. The number of aromatic nitrogens is 3. The molecule has 6 heteroatoms. The minimum absolute atomic E-state index is 0.0135. The molecule has 3 aromatic carbocycles. The molecule has 0 fully saturated rings. The van der Waals surface area contributed by atoms with E-state index in [4.69, 9.17) is 11.6 Å². The number of nitrogens with zero attached hydrogens (tertiary/aromatic N) is 3. The van der Waals surface area contributed by atoms with E-state index in [2.05, 4.69) is 10.1 Å². The van der Waals surface area contributed by atoms with Gasteiger partial charge < -0.3 is 5.11 Å². The van der Waals surface area contributed by atoms with Crippen LogP contribution in [0.3, 0.4) is 0 Å². The molecule has 0 saturated heterocycles. The van der Waals surface area contributed by atoms with Gasteiger partial charge in [0.05, 0.1) is 11.6 Å². The van der Waals surface area contributed by atoms with Crippen molar-refractivity contribution in [3.8, 4) is 11.1 Å². The molecule has 0 spiro atoms. The van der Waals surface area contributed by atoms with Gasteiger partial charge in [0.1, 0.15) is 24.1 Å². The van der Waals surface area contributed by atoms with Crippen LogP contribution in [0, 0.1) is 5.82 Å². The number of hydrogen-bond donors (Lipinski definition) is 1. The molecular weight excluding hydrogens is 377 g/mol. The number of benzene rings is 3. The molecule has 4 aromatic rings. The van der Waals surface area contributed by atoms with Crippen LogP contribution < -0.4 is 0 Å². The smallest absolute Gasteiger partial charge is 0.138 e. The summed E-state index contributed by atoms with van der Waals surface area (Å²) in [5, 5.41) is 15.8. The van der Waals surface area contributed by atoms with Crippen molar-refractivity contribution in [2.45, 2.75) is 12.1 Å². The summed E-state index contributed by atoms with van der Waals surface area (Å²) in [7, 11) is 0. The van der Waals surface area contributed by atoms with E-state index >= 15 is 0 Å². The summed E-state index contributed by atoms with van der Waals surface area (Å²) < 4.78 is 16.2. The summed E-state index contributed by atoms with van der Waals surface area (Å²) in [6.45, 7) is -0.0294. The highest BCUT2D eigenvalue weighted by atomic mass is 35.5. The number of rotatable bonds is 5. The zero-order valence-corrected chi connectivity index (χ0v) is 15.6. The summed E-state index contributed by atoms with van der Waals surface area (Å²) in [4.78, 5) is 3.91. The van der Waals surface area contributed by atoms with E-state index in [1.54, 1.807) is 18.2 Å². The van der Waals surface area contributed by atoms with Gasteiger partial charge in [-0.25, -0.2) is 14.1 Å². The monoisotopic (exact) mass is 393 g/mol. The van der Waals surface area contributed by atoms with Crippen molar-refractivity contribution in [2.75, 3.05) is 0 Å². The third-order valence-electron chi connectivity index (χ3n) is 4.70. The van der Waals surface area contributed by atoms with Crippen LogP contribution in [0.1, 0.15) is 11.1 Å². The molecule has 28 heavy (non-hydrogen) atoms. The molecule has 1 unspecified atom stereocenters. The van der Waals surface area contributed by atoms with Gasteiger partial charge in [-0.05, 0) is 28.8 Å². The second-order valence-corrected chi connectivity index (χ2v) is 6.90. The second kappa shape index (κ2) is 7.54. The van der Waals surface area contributed by atoms with Crippen LogP contribution in [-0.4, -0.2) is 19.9 Å². The summed E-state index contributed by atoms with van der Waals surface area (Å²) in [5.74, 6) is -0.581. The Hall–Kier alpha value is -3.02. The van der Waals surface area contributed by atoms with Crippen molar-refractivity contribution in [3.63, 3.8) is 0 Å². The van der Waals surface area contributed by atoms with Crippen LogP contribution in [0.5, 0.6) is 0 Å². The van der Waals surface area contributed by atoms with Gasteiger partial charge in [-0.2, -0.15) is 5.10 Å². The van der Waals surface area contributed by atoms with E-state index in [1.807, 2.05) is 42.5 Å². The SMILES string of the molecule is OC(Cn1cncn1)(c1ccc(-c2ccccc2)cc1)c1c(F)cccc1Cl. The van der Waals surface area contributed by atoms with Crippen LogP contribution in [0.2, 0.25) is 5.02 Å². The van der Waals surface area contributed by atoms with Crippen LogP contribution in [0.25, 0.3) is 11.1 Å². The lowest BCUT2D eigenvalue weighted by Gasteiger charge is -2.30. The van der Waals surface area contributed by atoms with Gasteiger partial charge in [-0.3, -0.25) is 0 Å². The van der Waals surface area contributed by atoms with Gasteiger partial charge in [0.15, 0.2) is 0 Å². The molecule has 1 aromatic heterocycles.